The number of benzene rings is 3. The number of fused-ring (bicyclic) bond motifs is 1. The Morgan fingerprint density at radius 2 is 1.68 bits per heavy atom. The number of ether oxygens (including phenoxy) is 1. The maximum Gasteiger partial charge on any atom is 0.275 e. The van der Waals surface area contributed by atoms with Crippen LogP contribution in [0.4, 0.5) is 15.8 Å². The molecule has 2 N–H and O–H groups in total. The van der Waals surface area contributed by atoms with Crippen LogP contribution >= 0.6 is 11.6 Å². The fraction of sp³-hybridized carbons (Fsp3) is 0.467. The molecule has 0 bridgehead atoms. The molecule has 1 aliphatic carbocycles. The van der Waals surface area contributed by atoms with E-state index in [2.05, 4.69) is 36.5 Å². The van der Waals surface area contributed by atoms with Gasteiger partial charge in [-0.25, -0.2) is 9.07 Å². The lowest BCUT2D eigenvalue weighted by atomic mass is 9.49. The number of nitrogens with one attached hydrogen (secondary N) is 2. The highest BCUT2D eigenvalue weighted by molar-refractivity contribution is 6.31. The lowest BCUT2D eigenvalue weighted by Crippen LogP contribution is -2.74. The van der Waals surface area contributed by atoms with E-state index in [1.165, 1.54) is 10.7 Å². The van der Waals surface area contributed by atoms with Crippen LogP contribution < -0.4 is 30.7 Å². The van der Waals surface area contributed by atoms with Crippen molar-refractivity contribution in [2.45, 2.75) is 71.6 Å². The molecule has 1 saturated carbocycles. The van der Waals surface area contributed by atoms with Gasteiger partial charge in [0, 0.05) is 91.8 Å². The third-order valence-electron chi connectivity index (χ3n) is 13.1. The fourth-order valence-corrected chi connectivity index (χ4v) is 10.3. The van der Waals surface area contributed by atoms with Gasteiger partial charge < -0.3 is 19.9 Å². The molecule has 3 aliphatic heterocycles. The molecule has 1 aromatic heterocycles. The molecule has 314 valence electrons. The minimum Gasteiger partial charge on any atom is -0.489 e. The first-order chi connectivity index (χ1) is 28.6. The van der Waals surface area contributed by atoms with E-state index in [0.717, 1.165) is 64.3 Å². The van der Waals surface area contributed by atoms with Gasteiger partial charge in [0.15, 0.2) is 0 Å². The number of piperidine rings is 2. The molecular formula is C45H50ClFN8O5. The lowest BCUT2D eigenvalue weighted by molar-refractivity contribution is -0.164. The summed E-state index contributed by atoms with van der Waals surface area (Å²) in [6.45, 7) is 14.1. The maximum absolute atomic E-state index is 15.7. The molecule has 4 aromatic rings. The monoisotopic (exact) mass is 836 g/mol. The molecule has 3 aromatic carbocycles. The Morgan fingerprint density at radius 3 is 2.35 bits per heavy atom. The molecule has 13 nitrogen and oxygen atoms in total. The summed E-state index contributed by atoms with van der Waals surface area (Å²) in [7, 11) is 0. The topological polar surface area (TPSA) is 153 Å². The minimum atomic E-state index is -0.799. The molecule has 0 spiro atoms. The summed E-state index contributed by atoms with van der Waals surface area (Å²) < 4.78 is 23.2. The van der Waals surface area contributed by atoms with Gasteiger partial charge in [0.05, 0.1) is 27.9 Å². The largest absolute Gasteiger partial charge is 0.489 e. The molecule has 60 heavy (non-hydrogen) atoms. The van der Waals surface area contributed by atoms with Gasteiger partial charge in [0.2, 0.25) is 5.91 Å². The van der Waals surface area contributed by atoms with Gasteiger partial charge in [-0.1, -0.05) is 39.3 Å². The second-order valence-corrected chi connectivity index (χ2v) is 18.2. The fourth-order valence-electron chi connectivity index (χ4n) is 10.1. The van der Waals surface area contributed by atoms with Crippen LogP contribution in [0.1, 0.15) is 75.3 Å². The van der Waals surface area contributed by atoms with Gasteiger partial charge in [-0.15, -0.1) is 0 Å². The number of carbonyl (C=O) groups is 3. The summed E-state index contributed by atoms with van der Waals surface area (Å²) in [6, 6.07) is 16.5. The number of halogens is 2. The number of hydrogen-bond acceptors (Lipinski definition) is 10. The first-order valence-corrected chi connectivity index (χ1v) is 21.1. The summed E-state index contributed by atoms with van der Waals surface area (Å²) in [5, 5.41) is 20.5. The highest BCUT2D eigenvalue weighted by Crippen LogP contribution is 2.55. The van der Waals surface area contributed by atoms with Crippen LogP contribution in [0.3, 0.4) is 0 Å². The molecule has 1 atom stereocenters. The van der Waals surface area contributed by atoms with Crippen LogP contribution in [0.2, 0.25) is 5.02 Å². The third-order valence-corrected chi connectivity index (χ3v) is 13.5. The Labute approximate surface area is 353 Å². The normalized spacial score (nSPS) is 23.1. The van der Waals surface area contributed by atoms with Crippen LogP contribution in [0.5, 0.6) is 5.75 Å². The molecule has 0 radical (unpaired) electrons. The third kappa shape index (κ3) is 7.81. The Bertz CT molecular complexity index is 2430. The Balaban J connectivity index is 0.808. The van der Waals surface area contributed by atoms with E-state index in [-0.39, 0.29) is 47.9 Å². The SMILES string of the molecule is CC1(C)[C@H](NC(=O)c2ccc(N3CCC(CN4CCN(c5ccc6c(=O)n(C7CCC(=O)NC7=O)ncc6c5)CC4)CC3)c(F)c2)C(C)(C)[C@H]1Oc1ccc(C#N)c(Cl)c1. The van der Waals surface area contributed by atoms with Gasteiger partial charge >= 0.3 is 0 Å². The number of piperazine rings is 1. The number of imide groups is 1. The van der Waals surface area contributed by atoms with E-state index < -0.39 is 28.6 Å². The number of rotatable bonds is 9. The van der Waals surface area contributed by atoms with Crippen LogP contribution in [0.15, 0.2) is 65.6 Å². The smallest absolute Gasteiger partial charge is 0.275 e. The standard InChI is InChI=1S/C45H50ClFN8O5/c1-44(2)42(45(3,4)43(44)60-32-8-5-29(24-48)34(46)23-32)51-39(57)28-6-10-36(35(47)22-28)54-15-13-27(14-16-54)26-52-17-19-53(20-18-52)31-7-9-33-30(21-31)25-49-55(41(33)59)37-11-12-38(56)50-40(37)58/h5-10,21-23,25,27,37,42-43H,11-20,26H2,1-4H3,(H,51,57)(H,50,56,58)/t37?,42-,43-. The van der Waals surface area contributed by atoms with Gasteiger partial charge in [0.25, 0.3) is 17.4 Å². The van der Waals surface area contributed by atoms with Gasteiger partial charge in [0.1, 0.15) is 29.8 Å². The van der Waals surface area contributed by atoms with Crippen molar-refractivity contribution in [1.82, 2.24) is 25.3 Å². The molecule has 4 heterocycles. The zero-order valence-corrected chi connectivity index (χ0v) is 35.1. The van der Waals surface area contributed by atoms with Crippen LogP contribution in [-0.4, -0.2) is 90.4 Å². The van der Waals surface area contributed by atoms with Gasteiger partial charge in [-0.2, -0.15) is 10.4 Å². The van der Waals surface area contributed by atoms with Crippen molar-refractivity contribution in [3.05, 3.63) is 93.1 Å². The average molecular weight is 837 g/mol. The Kier molecular flexibility index (Phi) is 11.1. The van der Waals surface area contributed by atoms with Crippen molar-refractivity contribution in [2.24, 2.45) is 16.7 Å². The van der Waals surface area contributed by atoms with Gasteiger partial charge in [-0.05, 0) is 73.7 Å². The number of carbonyl (C=O) groups excluding carboxylic acids is 3. The Hall–Kier alpha value is -5.52. The summed E-state index contributed by atoms with van der Waals surface area (Å²) in [5.41, 5.74) is 0.943. The Morgan fingerprint density at radius 1 is 0.950 bits per heavy atom. The molecule has 4 fully saturated rings. The quantitative estimate of drug-likeness (QED) is 0.201. The molecule has 3 saturated heterocycles. The summed E-state index contributed by atoms with van der Waals surface area (Å²) in [6.07, 6.45) is 3.67. The molecule has 4 aliphatic rings. The van der Waals surface area contributed by atoms with Crippen LogP contribution in [0, 0.1) is 33.9 Å². The number of anilines is 2. The first-order valence-electron chi connectivity index (χ1n) is 20.7. The maximum atomic E-state index is 15.7. The summed E-state index contributed by atoms with van der Waals surface area (Å²) in [4.78, 5) is 57.6. The van der Waals surface area contributed by atoms with Crippen LogP contribution in [0.25, 0.3) is 10.8 Å². The number of nitrogens with zero attached hydrogens (tertiary/aromatic N) is 6. The molecule has 1 unspecified atom stereocenters. The predicted molar refractivity (Wildman–Crippen MR) is 227 cm³/mol. The van der Waals surface area contributed by atoms with Crippen molar-refractivity contribution >= 4 is 51.5 Å². The number of nitriles is 1. The van der Waals surface area contributed by atoms with E-state index in [0.29, 0.717) is 38.7 Å². The number of aromatic nitrogens is 2. The van der Waals surface area contributed by atoms with Crippen molar-refractivity contribution in [3.63, 3.8) is 0 Å². The summed E-state index contributed by atoms with van der Waals surface area (Å²) in [5.74, 6) is -0.534. The molecule has 8 rings (SSSR count). The highest BCUT2D eigenvalue weighted by Gasteiger charge is 2.64. The lowest BCUT2D eigenvalue weighted by Gasteiger charge is -2.63. The second kappa shape index (κ2) is 16.2. The van der Waals surface area contributed by atoms with Crippen LogP contribution in [-0.2, 0) is 9.59 Å². The van der Waals surface area contributed by atoms with E-state index in [1.54, 1.807) is 42.6 Å². The van der Waals surface area contributed by atoms with Crippen molar-refractivity contribution in [3.8, 4) is 11.8 Å². The second-order valence-electron chi connectivity index (χ2n) is 17.8. The van der Waals surface area contributed by atoms with Crippen molar-refractivity contribution in [2.75, 3.05) is 55.6 Å². The van der Waals surface area contributed by atoms with E-state index in [4.69, 9.17) is 16.3 Å². The van der Waals surface area contributed by atoms with Crippen molar-refractivity contribution in [1.29, 1.82) is 5.26 Å². The number of amides is 3. The van der Waals surface area contributed by atoms with E-state index in [1.807, 2.05) is 39.8 Å². The number of hydrogen-bond donors (Lipinski definition) is 2. The first kappa shape index (κ1) is 41.2. The zero-order valence-electron chi connectivity index (χ0n) is 34.3. The van der Waals surface area contributed by atoms with E-state index in [9.17, 15) is 24.4 Å². The highest BCUT2D eigenvalue weighted by atomic mass is 35.5. The van der Waals surface area contributed by atoms with Gasteiger partial charge in [-0.3, -0.25) is 29.4 Å². The van der Waals surface area contributed by atoms with Crippen molar-refractivity contribution < 1.29 is 23.5 Å². The predicted octanol–water partition coefficient (Wildman–Crippen LogP) is 5.69. The minimum absolute atomic E-state index is 0.170. The average Bonchev–Trinajstić information content (AvgIpc) is 3.22. The summed E-state index contributed by atoms with van der Waals surface area (Å²) >= 11 is 6.24. The molecule has 15 heteroatoms. The molecular weight excluding hydrogens is 787 g/mol. The van der Waals surface area contributed by atoms with E-state index >= 15 is 4.39 Å². The molecule has 3 amide bonds. The zero-order chi connectivity index (χ0) is 42.5.